The maximum atomic E-state index is 13.4. The summed E-state index contributed by atoms with van der Waals surface area (Å²) in [6, 6.07) is 6.88. The molecule has 1 aromatic rings. The van der Waals surface area contributed by atoms with Crippen molar-refractivity contribution in [3.05, 3.63) is 30.3 Å². The molecule has 1 aliphatic rings. The normalized spacial score (nSPS) is 21.5. The Bertz CT molecular complexity index is 941. The first-order valence-electron chi connectivity index (χ1n) is 11.1. The highest BCUT2D eigenvalue weighted by atomic mass is 32.2. The first-order valence-corrected chi connectivity index (χ1v) is 15.5. The molecule has 0 aromatic heterocycles. The summed E-state index contributed by atoms with van der Waals surface area (Å²) < 4.78 is 33.8. The second-order valence-electron chi connectivity index (χ2n) is 10.5. The molecule has 7 nitrogen and oxygen atoms in total. The van der Waals surface area contributed by atoms with E-state index in [4.69, 9.17) is 4.43 Å². The summed E-state index contributed by atoms with van der Waals surface area (Å²) in [4.78, 5) is 25.9. The first-order chi connectivity index (χ1) is 14.5. The third kappa shape index (κ3) is 5.10. The van der Waals surface area contributed by atoms with Crippen LogP contribution in [-0.4, -0.2) is 51.0 Å². The van der Waals surface area contributed by atoms with Crippen molar-refractivity contribution in [3.63, 3.8) is 0 Å². The molecule has 1 fully saturated rings. The number of nitrogens with zero attached hydrogens (tertiary/aromatic N) is 1. The summed E-state index contributed by atoms with van der Waals surface area (Å²) >= 11 is 0. The van der Waals surface area contributed by atoms with E-state index in [1.165, 1.54) is 12.1 Å². The van der Waals surface area contributed by atoms with Gasteiger partial charge in [0.15, 0.2) is 8.32 Å². The van der Waals surface area contributed by atoms with Crippen LogP contribution in [0.15, 0.2) is 35.2 Å². The van der Waals surface area contributed by atoms with Crippen LogP contribution in [0.3, 0.4) is 0 Å². The van der Waals surface area contributed by atoms with E-state index in [0.29, 0.717) is 0 Å². The number of amides is 2. The van der Waals surface area contributed by atoms with Crippen LogP contribution in [0, 0.1) is 11.8 Å². The number of nitrogens with one attached hydrogen (secondary N) is 1. The molecule has 2 rings (SSSR count). The predicted octanol–water partition coefficient (Wildman–Crippen LogP) is 3.77. The molecule has 1 aliphatic heterocycles. The van der Waals surface area contributed by atoms with E-state index >= 15 is 0 Å². The minimum Gasteiger partial charge on any atom is -0.413 e. The summed E-state index contributed by atoms with van der Waals surface area (Å²) in [5.41, 5.74) is 0. The number of hydrogen-bond acceptors (Lipinski definition) is 5. The molecule has 0 saturated carbocycles. The van der Waals surface area contributed by atoms with Crippen molar-refractivity contribution in [2.45, 2.75) is 89.7 Å². The zero-order chi connectivity index (χ0) is 24.6. The zero-order valence-electron chi connectivity index (χ0n) is 20.7. The quantitative estimate of drug-likeness (QED) is 0.450. The highest BCUT2D eigenvalue weighted by molar-refractivity contribution is 7.89. The monoisotopic (exact) mass is 482 g/mol. The molecule has 0 spiro atoms. The Balaban J connectivity index is 2.27. The minimum atomic E-state index is -4.01. The largest absolute Gasteiger partial charge is 0.413 e. The molecule has 2 amide bonds. The average Bonchev–Trinajstić information content (AvgIpc) is 2.64. The van der Waals surface area contributed by atoms with Crippen molar-refractivity contribution >= 4 is 30.2 Å². The third-order valence-corrected chi connectivity index (χ3v) is 13.3. The van der Waals surface area contributed by atoms with Crippen LogP contribution in [0.4, 0.5) is 0 Å². The molecule has 1 aromatic carbocycles. The standard InChI is InChI=1S/C23H38N2O5SSi/c1-15(2)25(31(28,29)18-13-11-10-12-14-18)22(27)16(3)20-19(21(26)24-20)17(4)30-32(8,9)23(5,6)7/h10-17,19-20H,1-9H3,(H,24,26)/t16-,17-,19-,20-/m1/s1. The second-order valence-corrected chi connectivity index (χ2v) is 17.0. The van der Waals surface area contributed by atoms with Gasteiger partial charge in [0, 0.05) is 6.04 Å². The van der Waals surface area contributed by atoms with Gasteiger partial charge >= 0.3 is 0 Å². The lowest BCUT2D eigenvalue weighted by Gasteiger charge is -2.47. The number of β-lactam (4-membered cyclic amide) rings is 1. The highest BCUT2D eigenvalue weighted by Gasteiger charge is 2.51. The van der Waals surface area contributed by atoms with Crippen LogP contribution < -0.4 is 5.32 Å². The van der Waals surface area contributed by atoms with Crippen LogP contribution in [0.1, 0.15) is 48.5 Å². The van der Waals surface area contributed by atoms with Crippen LogP contribution >= 0.6 is 0 Å². The molecular weight excluding hydrogens is 444 g/mol. The summed E-state index contributed by atoms with van der Waals surface area (Å²) in [6.07, 6.45) is -0.372. The fraction of sp³-hybridized carbons (Fsp3) is 0.652. The van der Waals surface area contributed by atoms with Gasteiger partial charge in [-0.25, -0.2) is 12.7 Å². The summed E-state index contributed by atoms with van der Waals surface area (Å²) in [7, 11) is -6.13. The third-order valence-electron chi connectivity index (χ3n) is 6.71. The zero-order valence-corrected chi connectivity index (χ0v) is 22.5. The van der Waals surface area contributed by atoms with E-state index in [1.54, 1.807) is 39.0 Å². The van der Waals surface area contributed by atoms with Crippen LogP contribution in [-0.2, 0) is 24.0 Å². The van der Waals surface area contributed by atoms with Gasteiger partial charge in [0.2, 0.25) is 11.8 Å². The van der Waals surface area contributed by atoms with Gasteiger partial charge in [-0.05, 0) is 51.0 Å². The number of carbonyl (C=O) groups excluding carboxylic acids is 2. The average molecular weight is 483 g/mol. The molecule has 0 aliphatic carbocycles. The van der Waals surface area contributed by atoms with Gasteiger partial charge < -0.3 is 9.74 Å². The van der Waals surface area contributed by atoms with Gasteiger partial charge in [-0.2, -0.15) is 0 Å². The van der Waals surface area contributed by atoms with E-state index in [2.05, 4.69) is 39.2 Å². The van der Waals surface area contributed by atoms with E-state index in [1.807, 2.05) is 6.92 Å². The molecule has 0 radical (unpaired) electrons. The fourth-order valence-electron chi connectivity index (χ4n) is 3.78. The molecular formula is C23H38N2O5SSi. The molecule has 1 N–H and O–H groups in total. The lowest BCUT2D eigenvalue weighted by Crippen LogP contribution is -2.67. The Morgan fingerprint density at radius 2 is 1.62 bits per heavy atom. The van der Waals surface area contributed by atoms with Crippen molar-refractivity contribution in [1.29, 1.82) is 0 Å². The van der Waals surface area contributed by atoms with Crippen LogP contribution in [0.2, 0.25) is 18.1 Å². The van der Waals surface area contributed by atoms with Gasteiger partial charge in [0.25, 0.3) is 10.0 Å². The Labute approximate surface area is 194 Å². The van der Waals surface area contributed by atoms with Gasteiger partial charge in [0.1, 0.15) is 0 Å². The molecule has 1 saturated heterocycles. The van der Waals surface area contributed by atoms with Crippen LogP contribution in [0.5, 0.6) is 0 Å². The van der Waals surface area contributed by atoms with Crippen molar-refractivity contribution in [3.8, 4) is 0 Å². The van der Waals surface area contributed by atoms with Crippen molar-refractivity contribution in [1.82, 2.24) is 9.62 Å². The van der Waals surface area contributed by atoms with E-state index in [9.17, 15) is 18.0 Å². The maximum Gasteiger partial charge on any atom is 0.266 e. The second kappa shape index (κ2) is 9.27. The number of carbonyl (C=O) groups is 2. The Morgan fingerprint density at radius 1 is 1.09 bits per heavy atom. The fourth-order valence-corrected chi connectivity index (χ4v) is 6.90. The Morgan fingerprint density at radius 3 is 2.06 bits per heavy atom. The Kier molecular flexibility index (Phi) is 7.69. The van der Waals surface area contributed by atoms with Gasteiger partial charge in [-0.3, -0.25) is 9.59 Å². The predicted molar refractivity (Wildman–Crippen MR) is 128 cm³/mol. The van der Waals surface area contributed by atoms with E-state index < -0.39 is 48.2 Å². The van der Waals surface area contributed by atoms with E-state index in [-0.39, 0.29) is 21.9 Å². The van der Waals surface area contributed by atoms with Crippen molar-refractivity contribution in [2.24, 2.45) is 11.8 Å². The molecule has 0 bridgehead atoms. The SMILES string of the molecule is CC(C)N(C(=O)[C@H](C)[C@H]1NC(=O)[C@@H]1[C@@H](C)O[Si](C)(C)C(C)(C)C)S(=O)(=O)c1ccccc1. The lowest BCUT2D eigenvalue weighted by atomic mass is 9.78. The van der Waals surface area contributed by atoms with E-state index in [0.717, 1.165) is 4.31 Å². The summed E-state index contributed by atoms with van der Waals surface area (Å²) in [5, 5.41) is 2.80. The first kappa shape index (κ1) is 26.5. The van der Waals surface area contributed by atoms with Gasteiger partial charge in [-0.1, -0.05) is 45.9 Å². The molecule has 180 valence electrons. The number of sulfonamides is 1. The van der Waals surface area contributed by atoms with Gasteiger partial charge in [0.05, 0.1) is 28.9 Å². The van der Waals surface area contributed by atoms with Gasteiger partial charge in [-0.15, -0.1) is 0 Å². The number of rotatable bonds is 8. The molecule has 4 atom stereocenters. The molecule has 32 heavy (non-hydrogen) atoms. The van der Waals surface area contributed by atoms with Crippen molar-refractivity contribution in [2.75, 3.05) is 0 Å². The summed E-state index contributed by atoms with van der Waals surface area (Å²) in [5.74, 6) is -1.91. The number of benzene rings is 1. The molecule has 9 heteroatoms. The minimum absolute atomic E-state index is 0.0172. The highest BCUT2D eigenvalue weighted by Crippen LogP contribution is 2.40. The van der Waals surface area contributed by atoms with Crippen LogP contribution in [0.25, 0.3) is 0 Å². The summed E-state index contributed by atoms with van der Waals surface area (Å²) in [6.45, 7) is 17.5. The van der Waals surface area contributed by atoms with Crippen molar-refractivity contribution < 1.29 is 22.4 Å². The maximum absolute atomic E-state index is 13.4. The lowest BCUT2D eigenvalue weighted by molar-refractivity contribution is -0.146. The smallest absolute Gasteiger partial charge is 0.266 e. The topological polar surface area (TPSA) is 92.8 Å². The Hall–Kier alpha value is -1.71. The number of hydrogen-bond donors (Lipinski definition) is 1. The molecule has 1 heterocycles. The molecule has 0 unspecified atom stereocenters.